The Bertz CT molecular complexity index is 483. The van der Waals surface area contributed by atoms with Crippen LogP contribution < -0.4 is 10.2 Å². The van der Waals surface area contributed by atoms with Gasteiger partial charge in [0.15, 0.2) is 0 Å². The molecule has 2 rings (SSSR count). The first-order chi connectivity index (χ1) is 8.91. The lowest BCUT2D eigenvalue weighted by molar-refractivity contribution is -0.384. The van der Waals surface area contributed by atoms with Crippen LogP contribution in [0.5, 0.6) is 0 Å². The van der Waals surface area contributed by atoms with Gasteiger partial charge in [0.05, 0.1) is 4.92 Å². The third kappa shape index (κ3) is 2.56. The maximum atomic E-state index is 11.3. The van der Waals surface area contributed by atoms with Crippen LogP contribution in [0.2, 0.25) is 0 Å². The molecule has 1 unspecified atom stereocenters. The fraction of sp³-hybridized carbons (Fsp3) is 0.750. The Balaban J connectivity index is 2.49. The Kier molecular flexibility index (Phi) is 3.75. The highest BCUT2D eigenvalue weighted by atomic mass is 16.6. The van der Waals surface area contributed by atoms with Crippen molar-refractivity contribution in [2.24, 2.45) is 0 Å². The zero-order valence-electron chi connectivity index (χ0n) is 11.9. The molecule has 19 heavy (non-hydrogen) atoms. The maximum Gasteiger partial charge on any atom is 0.333 e. The molecule has 1 aromatic heterocycles. The molecule has 7 heteroatoms. The summed E-state index contributed by atoms with van der Waals surface area (Å²) in [5.74, 6) is 0.644. The summed E-state index contributed by atoms with van der Waals surface area (Å²) in [4.78, 5) is 13.1. The average Bonchev–Trinajstić information content (AvgIpc) is 2.67. The molecule has 0 saturated carbocycles. The number of anilines is 1. The van der Waals surface area contributed by atoms with Gasteiger partial charge in [-0.25, -0.2) is 4.68 Å². The monoisotopic (exact) mass is 267 g/mol. The van der Waals surface area contributed by atoms with Crippen LogP contribution in [0.25, 0.3) is 0 Å². The number of piperazine rings is 1. The van der Waals surface area contributed by atoms with Crippen LogP contribution in [-0.4, -0.2) is 40.4 Å². The van der Waals surface area contributed by atoms with Gasteiger partial charge in [-0.05, 0) is 27.7 Å². The van der Waals surface area contributed by atoms with Crippen molar-refractivity contribution in [3.63, 3.8) is 0 Å². The maximum absolute atomic E-state index is 11.3. The summed E-state index contributed by atoms with van der Waals surface area (Å²) >= 11 is 0. The van der Waals surface area contributed by atoms with Gasteiger partial charge in [0.2, 0.25) is 5.82 Å². The first-order valence-corrected chi connectivity index (χ1v) is 6.63. The zero-order valence-corrected chi connectivity index (χ0v) is 11.9. The van der Waals surface area contributed by atoms with E-state index < -0.39 is 0 Å². The van der Waals surface area contributed by atoms with E-state index in [-0.39, 0.29) is 16.7 Å². The second-order valence-corrected chi connectivity index (χ2v) is 5.35. The summed E-state index contributed by atoms with van der Waals surface area (Å²) in [5, 5.41) is 19.0. The molecule has 2 heterocycles. The van der Waals surface area contributed by atoms with Crippen molar-refractivity contribution in [1.29, 1.82) is 0 Å². The van der Waals surface area contributed by atoms with Crippen molar-refractivity contribution in [3.8, 4) is 0 Å². The standard InChI is InChI=1S/C12H21N5O2/c1-8(2)16-12(11(17(18)19)10(4)14-16)15-6-5-13-9(3)7-15/h8-9,13H,5-7H2,1-4H3. The number of hydrogen-bond acceptors (Lipinski definition) is 5. The molecule has 1 aromatic rings. The molecule has 1 saturated heterocycles. The van der Waals surface area contributed by atoms with Gasteiger partial charge < -0.3 is 10.2 Å². The van der Waals surface area contributed by atoms with Crippen molar-refractivity contribution in [2.75, 3.05) is 24.5 Å². The van der Waals surface area contributed by atoms with Crippen molar-refractivity contribution >= 4 is 11.5 Å². The van der Waals surface area contributed by atoms with Crippen molar-refractivity contribution in [1.82, 2.24) is 15.1 Å². The number of rotatable bonds is 3. The van der Waals surface area contributed by atoms with E-state index in [4.69, 9.17) is 0 Å². The third-order valence-electron chi connectivity index (χ3n) is 3.37. The molecule has 0 aromatic carbocycles. The molecule has 106 valence electrons. The quantitative estimate of drug-likeness (QED) is 0.663. The van der Waals surface area contributed by atoms with Gasteiger partial charge in [-0.15, -0.1) is 0 Å². The van der Waals surface area contributed by atoms with Gasteiger partial charge in [0.1, 0.15) is 5.69 Å². The Morgan fingerprint density at radius 2 is 2.21 bits per heavy atom. The smallest absolute Gasteiger partial charge is 0.333 e. The number of nitrogens with zero attached hydrogens (tertiary/aromatic N) is 4. The van der Waals surface area contributed by atoms with Gasteiger partial charge in [0, 0.05) is 31.7 Å². The van der Waals surface area contributed by atoms with E-state index in [1.807, 2.05) is 13.8 Å². The number of hydrogen-bond donors (Lipinski definition) is 1. The lowest BCUT2D eigenvalue weighted by Crippen LogP contribution is -2.50. The second kappa shape index (κ2) is 5.16. The van der Waals surface area contributed by atoms with E-state index in [0.717, 1.165) is 19.6 Å². The third-order valence-corrected chi connectivity index (χ3v) is 3.37. The highest BCUT2D eigenvalue weighted by Gasteiger charge is 2.32. The van der Waals surface area contributed by atoms with E-state index in [9.17, 15) is 10.1 Å². The number of nitro groups is 1. The van der Waals surface area contributed by atoms with Crippen LogP contribution in [-0.2, 0) is 0 Å². The summed E-state index contributed by atoms with van der Waals surface area (Å²) in [6.07, 6.45) is 0. The Hall–Kier alpha value is -1.63. The number of nitrogens with one attached hydrogen (secondary N) is 1. The fourth-order valence-electron chi connectivity index (χ4n) is 2.52. The molecule has 1 aliphatic rings. The van der Waals surface area contributed by atoms with Crippen molar-refractivity contribution in [3.05, 3.63) is 15.8 Å². The predicted molar refractivity (Wildman–Crippen MR) is 73.7 cm³/mol. The molecular formula is C12H21N5O2. The predicted octanol–water partition coefficient (Wildman–Crippen LogP) is 1.48. The van der Waals surface area contributed by atoms with Gasteiger partial charge in [-0.1, -0.05) is 0 Å². The van der Waals surface area contributed by atoms with Gasteiger partial charge >= 0.3 is 5.69 Å². The SMILES string of the molecule is Cc1nn(C(C)C)c(N2CCNC(C)C2)c1[N+](=O)[O-]. The highest BCUT2D eigenvalue weighted by Crippen LogP contribution is 2.34. The van der Waals surface area contributed by atoms with Crippen LogP contribution in [0.15, 0.2) is 0 Å². The van der Waals surface area contributed by atoms with Gasteiger partial charge in [0.25, 0.3) is 0 Å². The van der Waals surface area contributed by atoms with Crippen molar-refractivity contribution < 1.29 is 4.92 Å². The van der Waals surface area contributed by atoms with Crippen LogP contribution in [0.1, 0.15) is 32.5 Å². The number of aryl methyl sites for hydroxylation is 1. The first-order valence-electron chi connectivity index (χ1n) is 6.63. The molecule has 1 fully saturated rings. The lowest BCUT2D eigenvalue weighted by atomic mass is 10.2. The first kappa shape index (κ1) is 13.8. The minimum atomic E-state index is -0.316. The highest BCUT2D eigenvalue weighted by molar-refractivity contribution is 5.62. The average molecular weight is 267 g/mol. The van der Waals surface area contributed by atoms with Gasteiger partial charge in [-0.2, -0.15) is 5.10 Å². The summed E-state index contributed by atoms with van der Waals surface area (Å²) < 4.78 is 1.77. The van der Waals surface area contributed by atoms with E-state index in [1.54, 1.807) is 11.6 Å². The summed E-state index contributed by atoms with van der Waals surface area (Å²) in [5.41, 5.74) is 0.627. The van der Waals surface area contributed by atoms with E-state index in [1.165, 1.54) is 0 Å². The van der Waals surface area contributed by atoms with Crippen LogP contribution in [0.3, 0.4) is 0 Å². The van der Waals surface area contributed by atoms with E-state index >= 15 is 0 Å². The lowest BCUT2D eigenvalue weighted by Gasteiger charge is -2.33. The molecule has 0 amide bonds. The molecule has 1 N–H and O–H groups in total. The molecule has 0 radical (unpaired) electrons. The Morgan fingerprint density at radius 1 is 1.53 bits per heavy atom. The van der Waals surface area contributed by atoms with Gasteiger partial charge in [-0.3, -0.25) is 10.1 Å². The molecule has 0 aliphatic carbocycles. The summed E-state index contributed by atoms with van der Waals surface area (Å²) in [6.45, 7) is 10.1. The molecular weight excluding hydrogens is 246 g/mol. The summed E-state index contributed by atoms with van der Waals surface area (Å²) in [7, 11) is 0. The van der Waals surface area contributed by atoms with E-state index in [2.05, 4.69) is 22.2 Å². The molecule has 1 aliphatic heterocycles. The van der Waals surface area contributed by atoms with Crippen LogP contribution in [0.4, 0.5) is 11.5 Å². The second-order valence-electron chi connectivity index (χ2n) is 5.35. The largest absolute Gasteiger partial charge is 0.348 e. The topological polar surface area (TPSA) is 76.2 Å². The van der Waals surface area contributed by atoms with Crippen molar-refractivity contribution in [2.45, 2.75) is 39.8 Å². The molecule has 7 nitrogen and oxygen atoms in total. The normalized spacial score (nSPS) is 20.1. The fourth-order valence-corrected chi connectivity index (χ4v) is 2.52. The molecule has 0 spiro atoms. The van der Waals surface area contributed by atoms with Crippen LogP contribution in [0, 0.1) is 17.0 Å². The molecule has 0 bridgehead atoms. The minimum absolute atomic E-state index is 0.104. The zero-order chi connectivity index (χ0) is 14.2. The van der Waals surface area contributed by atoms with Crippen LogP contribution >= 0.6 is 0 Å². The Labute approximate surface area is 112 Å². The Morgan fingerprint density at radius 3 is 2.74 bits per heavy atom. The minimum Gasteiger partial charge on any atom is -0.348 e. The number of aromatic nitrogens is 2. The van der Waals surface area contributed by atoms with E-state index in [0.29, 0.717) is 17.6 Å². The summed E-state index contributed by atoms with van der Waals surface area (Å²) in [6, 6.07) is 0.428. The molecule has 1 atom stereocenters.